The van der Waals surface area contributed by atoms with Crippen molar-refractivity contribution in [2.24, 2.45) is 5.73 Å². The largest absolute Gasteiger partial charge is 0.327 e. The van der Waals surface area contributed by atoms with Crippen molar-refractivity contribution in [1.29, 1.82) is 0 Å². The molecule has 1 aromatic heterocycles. The fraction of sp³-hybridized carbons (Fsp3) is 0.357. The Hall–Kier alpha value is -0.900. The van der Waals surface area contributed by atoms with Gasteiger partial charge in [0.05, 0.1) is 10.7 Å². The van der Waals surface area contributed by atoms with Gasteiger partial charge in [0.15, 0.2) is 0 Å². The number of hydrogen-bond acceptors (Lipinski definition) is 3. The van der Waals surface area contributed by atoms with Gasteiger partial charge in [-0.25, -0.2) is 4.98 Å². The second-order valence-electron chi connectivity index (χ2n) is 4.55. The Morgan fingerprint density at radius 2 is 2.11 bits per heavy atom. The lowest BCUT2D eigenvalue weighted by Gasteiger charge is -2.10. The number of thiazole rings is 1. The summed E-state index contributed by atoms with van der Waals surface area (Å²) >= 11 is 7.70. The summed E-state index contributed by atoms with van der Waals surface area (Å²) in [5, 5.41) is 1.89. The van der Waals surface area contributed by atoms with Crippen molar-refractivity contribution in [2.45, 2.75) is 32.7 Å². The topological polar surface area (TPSA) is 38.9 Å². The molecule has 0 aliphatic heterocycles. The minimum Gasteiger partial charge on any atom is -0.327 e. The number of nitrogens with zero attached hydrogens (tertiary/aromatic N) is 1. The van der Waals surface area contributed by atoms with Crippen LogP contribution in [-0.2, 0) is 12.8 Å². The van der Waals surface area contributed by atoms with Gasteiger partial charge in [-0.3, -0.25) is 0 Å². The van der Waals surface area contributed by atoms with E-state index in [2.05, 4.69) is 18.0 Å². The smallest absolute Gasteiger partial charge is 0.0946 e. The highest BCUT2D eigenvalue weighted by Gasteiger charge is 2.10. The Labute approximate surface area is 117 Å². The first-order valence-electron chi connectivity index (χ1n) is 5.97. The van der Waals surface area contributed by atoms with Gasteiger partial charge in [-0.1, -0.05) is 23.7 Å². The van der Waals surface area contributed by atoms with Gasteiger partial charge in [0.2, 0.25) is 0 Å². The van der Waals surface area contributed by atoms with Crippen LogP contribution in [0.25, 0.3) is 0 Å². The molecule has 4 heteroatoms. The molecule has 0 aliphatic rings. The Balaban J connectivity index is 1.98. The summed E-state index contributed by atoms with van der Waals surface area (Å²) in [5.41, 5.74) is 8.47. The molecule has 2 N–H and O–H groups in total. The highest BCUT2D eigenvalue weighted by Crippen LogP contribution is 2.19. The molecule has 0 spiro atoms. The number of halogens is 1. The molecular formula is C14H17ClN2S. The molecule has 1 aromatic carbocycles. The predicted octanol–water partition coefficient (Wildman–Crippen LogP) is 3.53. The number of aryl methyl sites for hydroxylation is 2. The lowest BCUT2D eigenvalue weighted by atomic mass is 10.0. The van der Waals surface area contributed by atoms with Crippen molar-refractivity contribution in [3.05, 3.63) is 50.4 Å². The third-order valence-electron chi connectivity index (χ3n) is 2.90. The third-order valence-corrected chi connectivity index (χ3v) is 4.23. The van der Waals surface area contributed by atoms with E-state index in [1.54, 1.807) is 11.3 Å². The molecule has 96 valence electrons. The van der Waals surface area contributed by atoms with Crippen LogP contribution in [0.1, 0.15) is 21.1 Å². The van der Waals surface area contributed by atoms with Crippen LogP contribution >= 0.6 is 22.9 Å². The lowest BCUT2D eigenvalue weighted by Crippen LogP contribution is -2.25. The lowest BCUT2D eigenvalue weighted by molar-refractivity contribution is 0.661. The molecule has 1 unspecified atom stereocenters. The molecule has 0 bridgehead atoms. The second kappa shape index (κ2) is 5.83. The van der Waals surface area contributed by atoms with E-state index in [9.17, 15) is 0 Å². The Kier molecular flexibility index (Phi) is 4.38. The van der Waals surface area contributed by atoms with E-state index >= 15 is 0 Å². The number of aromatic nitrogens is 1. The summed E-state index contributed by atoms with van der Waals surface area (Å²) < 4.78 is 0. The molecule has 2 nitrogen and oxygen atoms in total. The van der Waals surface area contributed by atoms with E-state index in [-0.39, 0.29) is 6.04 Å². The van der Waals surface area contributed by atoms with Crippen LogP contribution in [-0.4, -0.2) is 11.0 Å². The summed E-state index contributed by atoms with van der Waals surface area (Å²) in [5.74, 6) is 0. The minimum atomic E-state index is 0.0911. The van der Waals surface area contributed by atoms with Gasteiger partial charge in [-0.2, -0.15) is 0 Å². The zero-order valence-electron chi connectivity index (χ0n) is 10.6. The monoisotopic (exact) mass is 280 g/mol. The first kappa shape index (κ1) is 13.5. The van der Waals surface area contributed by atoms with E-state index in [1.807, 2.05) is 25.1 Å². The van der Waals surface area contributed by atoms with Crippen molar-refractivity contribution >= 4 is 22.9 Å². The van der Waals surface area contributed by atoms with Crippen LogP contribution in [0.5, 0.6) is 0 Å². The standard InChI is InChI=1S/C14H17ClN2S/c1-9-10(2)18-14(17-9)8-13(16)7-11-4-3-5-12(15)6-11/h3-6,13H,7-8,16H2,1-2H3. The highest BCUT2D eigenvalue weighted by molar-refractivity contribution is 7.11. The quantitative estimate of drug-likeness (QED) is 0.931. The maximum atomic E-state index is 6.17. The first-order valence-corrected chi connectivity index (χ1v) is 7.17. The fourth-order valence-electron chi connectivity index (χ4n) is 1.89. The van der Waals surface area contributed by atoms with Crippen molar-refractivity contribution in [1.82, 2.24) is 4.98 Å². The molecule has 1 heterocycles. The second-order valence-corrected chi connectivity index (χ2v) is 6.27. The molecule has 0 amide bonds. The van der Waals surface area contributed by atoms with E-state index in [0.717, 1.165) is 28.6 Å². The van der Waals surface area contributed by atoms with Crippen LogP contribution < -0.4 is 5.73 Å². The molecule has 0 aliphatic carbocycles. The van der Waals surface area contributed by atoms with Crippen LogP contribution in [0.3, 0.4) is 0 Å². The average molecular weight is 281 g/mol. The van der Waals surface area contributed by atoms with Crippen molar-refractivity contribution in [3.63, 3.8) is 0 Å². The number of benzene rings is 1. The molecule has 2 aromatic rings. The van der Waals surface area contributed by atoms with Gasteiger partial charge in [0.1, 0.15) is 0 Å². The first-order chi connectivity index (χ1) is 8.54. The Morgan fingerprint density at radius 1 is 1.33 bits per heavy atom. The number of nitrogens with two attached hydrogens (primary N) is 1. The zero-order valence-corrected chi connectivity index (χ0v) is 12.2. The van der Waals surface area contributed by atoms with Crippen LogP contribution in [0.15, 0.2) is 24.3 Å². The fourth-order valence-corrected chi connectivity index (χ4v) is 3.13. The summed E-state index contributed by atoms with van der Waals surface area (Å²) in [6.07, 6.45) is 1.66. The van der Waals surface area contributed by atoms with Crippen molar-refractivity contribution < 1.29 is 0 Å². The number of hydrogen-bond donors (Lipinski definition) is 1. The predicted molar refractivity (Wildman–Crippen MR) is 78.4 cm³/mol. The summed E-state index contributed by atoms with van der Waals surface area (Å²) in [4.78, 5) is 5.80. The Bertz CT molecular complexity index is 517. The Morgan fingerprint density at radius 3 is 2.72 bits per heavy atom. The van der Waals surface area contributed by atoms with E-state index in [4.69, 9.17) is 17.3 Å². The SMILES string of the molecule is Cc1nc(CC(N)Cc2cccc(Cl)c2)sc1C. The van der Waals surface area contributed by atoms with Crippen molar-refractivity contribution in [2.75, 3.05) is 0 Å². The summed E-state index contributed by atoms with van der Waals surface area (Å²) in [7, 11) is 0. The van der Waals surface area contributed by atoms with Crippen LogP contribution in [0.2, 0.25) is 5.02 Å². The van der Waals surface area contributed by atoms with Gasteiger partial charge in [-0.05, 0) is 38.0 Å². The molecule has 2 rings (SSSR count). The maximum Gasteiger partial charge on any atom is 0.0946 e. The highest BCUT2D eigenvalue weighted by atomic mass is 35.5. The van der Waals surface area contributed by atoms with E-state index in [1.165, 1.54) is 10.4 Å². The maximum absolute atomic E-state index is 6.17. The van der Waals surface area contributed by atoms with Crippen LogP contribution in [0, 0.1) is 13.8 Å². The molecular weight excluding hydrogens is 264 g/mol. The molecule has 18 heavy (non-hydrogen) atoms. The molecule has 0 fully saturated rings. The minimum absolute atomic E-state index is 0.0911. The summed E-state index contributed by atoms with van der Waals surface area (Å²) in [6, 6.07) is 7.96. The van der Waals surface area contributed by atoms with Gasteiger partial charge in [0, 0.05) is 22.4 Å². The molecule has 1 atom stereocenters. The zero-order chi connectivity index (χ0) is 13.1. The van der Waals surface area contributed by atoms with Crippen molar-refractivity contribution in [3.8, 4) is 0 Å². The van der Waals surface area contributed by atoms with Crippen LogP contribution in [0.4, 0.5) is 0 Å². The van der Waals surface area contributed by atoms with Gasteiger partial charge < -0.3 is 5.73 Å². The van der Waals surface area contributed by atoms with Gasteiger partial charge in [-0.15, -0.1) is 11.3 Å². The van der Waals surface area contributed by atoms with E-state index < -0.39 is 0 Å². The van der Waals surface area contributed by atoms with E-state index in [0.29, 0.717) is 0 Å². The molecule has 0 saturated heterocycles. The molecule has 0 saturated carbocycles. The van der Waals surface area contributed by atoms with Gasteiger partial charge >= 0.3 is 0 Å². The summed E-state index contributed by atoms with van der Waals surface area (Å²) in [6.45, 7) is 4.14. The average Bonchev–Trinajstić information content (AvgIpc) is 2.57. The van der Waals surface area contributed by atoms with Gasteiger partial charge in [0.25, 0.3) is 0 Å². The third kappa shape index (κ3) is 3.55. The number of rotatable bonds is 4. The normalized spacial score (nSPS) is 12.7. The molecule has 0 radical (unpaired) electrons.